The van der Waals surface area contributed by atoms with E-state index in [1.54, 1.807) is 0 Å². The topological polar surface area (TPSA) is 36.4 Å². The third kappa shape index (κ3) is 4.68. The molecule has 0 atom stereocenters. The first-order valence-electron chi connectivity index (χ1n) is 6.79. The van der Waals surface area contributed by atoms with Crippen LogP contribution in [0.1, 0.15) is 23.6 Å². The number of benzene rings is 2. The van der Waals surface area contributed by atoms with E-state index in [2.05, 4.69) is 34.9 Å². The highest BCUT2D eigenvalue weighted by atomic mass is 32.1. The molecule has 0 aromatic heterocycles. The van der Waals surface area contributed by atoms with Gasteiger partial charge in [0.15, 0.2) is 5.11 Å². The molecule has 21 heavy (non-hydrogen) atoms. The fourth-order valence-electron chi connectivity index (χ4n) is 1.88. The zero-order chi connectivity index (χ0) is 15.2. The van der Waals surface area contributed by atoms with E-state index in [1.807, 2.05) is 50.2 Å². The van der Waals surface area contributed by atoms with Gasteiger partial charge in [-0.3, -0.25) is 5.43 Å². The molecule has 0 unspecified atom stereocenters. The number of rotatable bonds is 3. The molecule has 0 radical (unpaired) electrons. The summed E-state index contributed by atoms with van der Waals surface area (Å²) in [6.07, 6.45) is 0. The van der Waals surface area contributed by atoms with Gasteiger partial charge in [-0.15, -0.1) is 0 Å². The number of hydrogen-bond acceptors (Lipinski definition) is 2. The number of hydrazone groups is 1. The quantitative estimate of drug-likeness (QED) is 0.510. The molecule has 0 fully saturated rings. The van der Waals surface area contributed by atoms with Crippen LogP contribution in [0.25, 0.3) is 0 Å². The largest absolute Gasteiger partial charge is 0.331 e. The number of thiocarbonyl (C=S) groups is 1. The van der Waals surface area contributed by atoms with Gasteiger partial charge in [0.25, 0.3) is 0 Å². The molecule has 0 saturated carbocycles. The van der Waals surface area contributed by atoms with Crippen molar-refractivity contribution >= 4 is 28.7 Å². The van der Waals surface area contributed by atoms with Crippen LogP contribution in [0.2, 0.25) is 0 Å². The van der Waals surface area contributed by atoms with E-state index in [-0.39, 0.29) is 0 Å². The van der Waals surface area contributed by atoms with Gasteiger partial charge in [0.1, 0.15) is 0 Å². The summed E-state index contributed by atoms with van der Waals surface area (Å²) in [5, 5.41) is 7.90. The number of nitrogens with zero attached hydrogens (tertiary/aromatic N) is 1. The SMILES string of the molecule is CC(=NNC(=S)Nc1cccc(C)c1)c1ccc(C)cc1. The Labute approximate surface area is 131 Å². The molecule has 4 heteroatoms. The second kappa shape index (κ2) is 6.99. The number of anilines is 1. The smallest absolute Gasteiger partial charge is 0.191 e. The second-order valence-electron chi connectivity index (χ2n) is 5.00. The van der Waals surface area contributed by atoms with E-state index < -0.39 is 0 Å². The average Bonchev–Trinajstić information content (AvgIpc) is 2.45. The molecule has 0 saturated heterocycles. The Balaban J connectivity index is 1.96. The lowest BCUT2D eigenvalue weighted by atomic mass is 10.1. The van der Waals surface area contributed by atoms with Gasteiger partial charge in [-0.1, -0.05) is 42.0 Å². The minimum atomic E-state index is 0.479. The van der Waals surface area contributed by atoms with Crippen LogP contribution in [-0.4, -0.2) is 10.8 Å². The number of hydrogen-bond donors (Lipinski definition) is 2. The molecule has 0 aliphatic carbocycles. The lowest BCUT2D eigenvalue weighted by Crippen LogP contribution is -2.25. The summed E-state index contributed by atoms with van der Waals surface area (Å²) >= 11 is 5.24. The molecular formula is C17H19N3S. The second-order valence-corrected chi connectivity index (χ2v) is 5.41. The Bertz CT molecular complexity index is 660. The Morgan fingerprint density at radius 2 is 1.71 bits per heavy atom. The van der Waals surface area contributed by atoms with E-state index in [9.17, 15) is 0 Å². The molecule has 2 aromatic carbocycles. The lowest BCUT2D eigenvalue weighted by molar-refractivity contribution is 1.04. The molecule has 0 bridgehead atoms. The maximum atomic E-state index is 5.24. The molecule has 0 heterocycles. The van der Waals surface area contributed by atoms with Crippen LogP contribution >= 0.6 is 12.2 Å². The predicted octanol–water partition coefficient (Wildman–Crippen LogP) is 4.01. The van der Waals surface area contributed by atoms with Crippen LogP contribution in [-0.2, 0) is 0 Å². The summed E-state index contributed by atoms with van der Waals surface area (Å²) in [5.41, 5.74) is 8.21. The van der Waals surface area contributed by atoms with Gasteiger partial charge in [-0.2, -0.15) is 5.10 Å². The first-order chi connectivity index (χ1) is 10.0. The molecule has 0 amide bonds. The van der Waals surface area contributed by atoms with Gasteiger partial charge in [0, 0.05) is 5.69 Å². The molecular weight excluding hydrogens is 278 g/mol. The highest BCUT2D eigenvalue weighted by Crippen LogP contribution is 2.09. The lowest BCUT2D eigenvalue weighted by Gasteiger charge is -2.08. The monoisotopic (exact) mass is 297 g/mol. The number of nitrogens with one attached hydrogen (secondary N) is 2. The van der Waals surface area contributed by atoms with Crippen molar-refractivity contribution in [3.8, 4) is 0 Å². The highest BCUT2D eigenvalue weighted by Gasteiger charge is 1.99. The van der Waals surface area contributed by atoms with Crippen molar-refractivity contribution in [3.05, 3.63) is 65.2 Å². The van der Waals surface area contributed by atoms with E-state index in [0.29, 0.717) is 5.11 Å². The van der Waals surface area contributed by atoms with Crippen LogP contribution in [0, 0.1) is 13.8 Å². The van der Waals surface area contributed by atoms with Gasteiger partial charge >= 0.3 is 0 Å². The molecule has 2 aromatic rings. The van der Waals surface area contributed by atoms with Crippen molar-refractivity contribution in [2.45, 2.75) is 20.8 Å². The van der Waals surface area contributed by atoms with Crippen molar-refractivity contribution in [1.82, 2.24) is 5.43 Å². The van der Waals surface area contributed by atoms with Gasteiger partial charge in [0.2, 0.25) is 0 Å². The molecule has 108 valence electrons. The summed E-state index contributed by atoms with van der Waals surface area (Å²) in [4.78, 5) is 0. The molecule has 0 aliphatic rings. The minimum Gasteiger partial charge on any atom is -0.331 e. The summed E-state index contributed by atoms with van der Waals surface area (Å²) in [6.45, 7) is 6.06. The minimum absolute atomic E-state index is 0.479. The molecule has 2 N–H and O–H groups in total. The zero-order valence-corrected chi connectivity index (χ0v) is 13.3. The molecule has 0 spiro atoms. The highest BCUT2D eigenvalue weighted by molar-refractivity contribution is 7.80. The fraction of sp³-hybridized carbons (Fsp3) is 0.176. The average molecular weight is 297 g/mol. The van der Waals surface area contributed by atoms with Crippen LogP contribution < -0.4 is 10.7 Å². The predicted molar refractivity (Wildman–Crippen MR) is 93.9 cm³/mol. The fourth-order valence-corrected chi connectivity index (χ4v) is 2.04. The van der Waals surface area contributed by atoms with Gasteiger partial charge < -0.3 is 5.32 Å². The third-order valence-electron chi connectivity index (χ3n) is 3.07. The van der Waals surface area contributed by atoms with E-state index >= 15 is 0 Å². The standard InChI is InChI=1S/C17H19N3S/c1-12-7-9-15(10-8-12)14(3)19-20-17(21)18-16-6-4-5-13(2)11-16/h4-11H,1-3H3,(H2,18,20,21). The first-order valence-corrected chi connectivity index (χ1v) is 7.20. The Morgan fingerprint density at radius 3 is 2.38 bits per heavy atom. The Kier molecular flexibility index (Phi) is 5.06. The van der Waals surface area contributed by atoms with E-state index in [4.69, 9.17) is 12.2 Å². The first kappa shape index (κ1) is 15.2. The maximum absolute atomic E-state index is 5.24. The van der Waals surface area contributed by atoms with Crippen molar-refractivity contribution in [2.75, 3.05) is 5.32 Å². The van der Waals surface area contributed by atoms with Gasteiger partial charge in [-0.25, -0.2) is 0 Å². The summed E-state index contributed by atoms with van der Waals surface area (Å²) < 4.78 is 0. The summed E-state index contributed by atoms with van der Waals surface area (Å²) in [5.74, 6) is 0. The van der Waals surface area contributed by atoms with Crippen molar-refractivity contribution < 1.29 is 0 Å². The Morgan fingerprint density at radius 1 is 1.00 bits per heavy atom. The van der Waals surface area contributed by atoms with E-state index in [1.165, 1.54) is 11.1 Å². The zero-order valence-electron chi connectivity index (χ0n) is 12.5. The molecule has 3 nitrogen and oxygen atoms in total. The van der Waals surface area contributed by atoms with Crippen molar-refractivity contribution in [1.29, 1.82) is 0 Å². The van der Waals surface area contributed by atoms with Crippen molar-refractivity contribution in [2.24, 2.45) is 5.10 Å². The van der Waals surface area contributed by atoms with Gasteiger partial charge in [-0.05, 0) is 56.2 Å². The summed E-state index contributed by atoms with van der Waals surface area (Å²) in [6, 6.07) is 16.3. The Hall–Kier alpha value is -2.20. The maximum Gasteiger partial charge on any atom is 0.191 e. The van der Waals surface area contributed by atoms with Gasteiger partial charge in [0.05, 0.1) is 5.71 Å². The molecule has 0 aliphatic heterocycles. The van der Waals surface area contributed by atoms with Crippen LogP contribution in [0.3, 0.4) is 0 Å². The normalized spacial score (nSPS) is 11.1. The van der Waals surface area contributed by atoms with Crippen LogP contribution in [0.5, 0.6) is 0 Å². The molecule has 2 rings (SSSR count). The third-order valence-corrected chi connectivity index (χ3v) is 3.26. The number of aryl methyl sites for hydroxylation is 2. The van der Waals surface area contributed by atoms with Crippen LogP contribution in [0.15, 0.2) is 53.6 Å². The van der Waals surface area contributed by atoms with Crippen LogP contribution in [0.4, 0.5) is 5.69 Å². The summed E-state index contributed by atoms with van der Waals surface area (Å²) in [7, 11) is 0. The van der Waals surface area contributed by atoms with Crippen molar-refractivity contribution in [3.63, 3.8) is 0 Å². The van der Waals surface area contributed by atoms with E-state index in [0.717, 1.165) is 17.0 Å².